The molecule has 0 spiro atoms. The summed E-state index contributed by atoms with van der Waals surface area (Å²) in [6, 6.07) is 3.86. The molecule has 0 radical (unpaired) electrons. The van der Waals surface area contributed by atoms with Gasteiger partial charge in [0.1, 0.15) is 0 Å². The number of nitrogens with one attached hydrogen (secondary N) is 1. The minimum Gasteiger partial charge on any atom is -0.352 e. The Labute approximate surface area is 120 Å². The number of carbonyl (C=O) groups excluding carboxylic acids is 1. The monoisotopic (exact) mass is 333 g/mol. The second-order valence-corrected chi connectivity index (χ2v) is 5.59. The molecule has 106 valence electrons. The van der Waals surface area contributed by atoms with Gasteiger partial charge < -0.3 is 5.32 Å². The standard InChI is InChI=1S/C14H18BrF2NO/c1-9(2)6-11(8-15)18-13(19)7-10-4-3-5-12(16)14(10)17/h3-5,9,11H,6-8H2,1-2H3,(H,18,19). The average Bonchev–Trinajstić information content (AvgIpc) is 2.33. The van der Waals surface area contributed by atoms with E-state index >= 15 is 0 Å². The Morgan fingerprint density at radius 3 is 2.63 bits per heavy atom. The van der Waals surface area contributed by atoms with Gasteiger partial charge in [0.05, 0.1) is 6.42 Å². The lowest BCUT2D eigenvalue weighted by atomic mass is 10.0. The van der Waals surface area contributed by atoms with Crippen LogP contribution in [-0.2, 0) is 11.2 Å². The van der Waals surface area contributed by atoms with Gasteiger partial charge in [0, 0.05) is 16.9 Å². The van der Waals surface area contributed by atoms with Crippen molar-refractivity contribution in [3.63, 3.8) is 0 Å². The molecule has 1 unspecified atom stereocenters. The summed E-state index contributed by atoms with van der Waals surface area (Å²) in [5, 5.41) is 3.46. The third-order valence-corrected chi connectivity index (χ3v) is 3.47. The first-order chi connectivity index (χ1) is 8.93. The number of hydrogen-bond donors (Lipinski definition) is 1. The lowest BCUT2D eigenvalue weighted by molar-refractivity contribution is -0.121. The molecule has 0 aliphatic heterocycles. The average molecular weight is 334 g/mol. The second kappa shape index (κ2) is 7.58. The van der Waals surface area contributed by atoms with Gasteiger partial charge >= 0.3 is 0 Å². The molecular formula is C14H18BrF2NO. The Kier molecular flexibility index (Phi) is 6.42. The van der Waals surface area contributed by atoms with E-state index in [1.807, 2.05) is 0 Å². The molecule has 1 aromatic carbocycles. The number of benzene rings is 1. The van der Waals surface area contributed by atoms with Gasteiger partial charge in [-0.25, -0.2) is 8.78 Å². The van der Waals surface area contributed by atoms with Crippen LogP contribution >= 0.6 is 15.9 Å². The van der Waals surface area contributed by atoms with E-state index in [0.29, 0.717) is 11.2 Å². The van der Waals surface area contributed by atoms with Gasteiger partial charge in [0.2, 0.25) is 5.91 Å². The second-order valence-electron chi connectivity index (χ2n) is 4.94. The maximum atomic E-state index is 13.4. The summed E-state index contributed by atoms with van der Waals surface area (Å²) in [5.74, 6) is -1.72. The predicted molar refractivity (Wildman–Crippen MR) is 75.2 cm³/mol. The molecule has 1 atom stereocenters. The van der Waals surface area contributed by atoms with E-state index in [0.717, 1.165) is 12.5 Å². The number of halogens is 3. The fraction of sp³-hybridized carbons (Fsp3) is 0.500. The normalized spacial score (nSPS) is 12.5. The van der Waals surface area contributed by atoms with Crippen LogP contribution in [0.5, 0.6) is 0 Å². The molecular weight excluding hydrogens is 316 g/mol. The fourth-order valence-corrected chi connectivity index (χ4v) is 2.29. The van der Waals surface area contributed by atoms with Crippen molar-refractivity contribution in [3.8, 4) is 0 Å². The van der Waals surface area contributed by atoms with Crippen LogP contribution in [0.25, 0.3) is 0 Å². The smallest absolute Gasteiger partial charge is 0.224 e. The molecule has 1 N–H and O–H groups in total. The van der Waals surface area contributed by atoms with E-state index in [1.165, 1.54) is 12.1 Å². The Hall–Kier alpha value is -0.970. The molecule has 0 saturated heterocycles. The van der Waals surface area contributed by atoms with Crippen molar-refractivity contribution in [1.82, 2.24) is 5.32 Å². The highest BCUT2D eigenvalue weighted by Crippen LogP contribution is 2.12. The molecule has 2 nitrogen and oxygen atoms in total. The molecule has 1 aromatic rings. The van der Waals surface area contributed by atoms with Gasteiger partial charge in [-0.1, -0.05) is 41.9 Å². The molecule has 0 aromatic heterocycles. The van der Waals surface area contributed by atoms with Gasteiger partial charge in [0.15, 0.2) is 11.6 Å². The lowest BCUT2D eigenvalue weighted by Crippen LogP contribution is -2.38. The summed E-state index contributed by atoms with van der Waals surface area (Å²) in [5.41, 5.74) is 0.0790. The van der Waals surface area contributed by atoms with Gasteiger partial charge in [-0.15, -0.1) is 0 Å². The van der Waals surface area contributed by atoms with E-state index in [9.17, 15) is 13.6 Å². The topological polar surface area (TPSA) is 29.1 Å². The van der Waals surface area contributed by atoms with Gasteiger partial charge in [0.25, 0.3) is 0 Å². The quantitative estimate of drug-likeness (QED) is 0.794. The Morgan fingerprint density at radius 2 is 2.05 bits per heavy atom. The van der Waals surface area contributed by atoms with Crippen molar-refractivity contribution in [1.29, 1.82) is 0 Å². The minimum atomic E-state index is -0.947. The molecule has 0 aliphatic carbocycles. The number of rotatable bonds is 6. The summed E-state index contributed by atoms with van der Waals surface area (Å²) in [6.45, 7) is 4.13. The molecule has 5 heteroatoms. The molecule has 0 saturated carbocycles. The first-order valence-electron chi connectivity index (χ1n) is 6.22. The van der Waals surface area contributed by atoms with Crippen LogP contribution in [0.2, 0.25) is 0 Å². The lowest BCUT2D eigenvalue weighted by Gasteiger charge is -2.18. The van der Waals surface area contributed by atoms with E-state index in [4.69, 9.17) is 0 Å². The maximum absolute atomic E-state index is 13.4. The first-order valence-corrected chi connectivity index (χ1v) is 7.34. The van der Waals surface area contributed by atoms with Crippen LogP contribution in [-0.4, -0.2) is 17.3 Å². The highest BCUT2D eigenvalue weighted by Gasteiger charge is 2.15. The maximum Gasteiger partial charge on any atom is 0.224 e. The van der Waals surface area contributed by atoms with Crippen molar-refractivity contribution < 1.29 is 13.6 Å². The molecule has 19 heavy (non-hydrogen) atoms. The van der Waals surface area contributed by atoms with Gasteiger partial charge in [-0.2, -0.15) is 0 Å². The summed E-state index contributed by atoms with van der Waals surface area (Å²) in [7, 11) is 0. The summed E-state index contributed by atoms with van der Waals surface area (Å²) < 4.78 is 26.4. The molecule has 0 bridgehead atoms. The van der Waals surface area contributed by atoms with Crippen LogP contribution in [0.15, 0.2) is 18.2 Å². The van der Waals surface area contributed by atoms with Crippen molar-refractivity contribution in [2.75, 3.05) is 5.33 Å². The molecule has 0 fully saturated rings. The highest BCUT2D eigenvalue weighted by atomic mass is 79.9. The van der Waals surface area contributed by atoms with Gasteiger partial charge in [-0.3, -0.25) is 4.79 Å². The van der Waals surface area contributed by atoms with E-state index in [1.54, 1.807) is 0 Å². The number of hydrogen-bond acceptors (Lipinski definition) is 1. The zero-order valence-corrected chi connectivity index (χ0v) is 12.6. The molecule has 1 amide bonds. The van der Waals surface area contributed by atoms with Crippen molar-refractivity contribution >= 4 is 21.8 Å². The number of carbonyl (C=O) groups is 1. The minimum absolute atomic E-state index is 0.00382. The Balaban J connectivity index is 2.62. The third-order valence-electron chi connectivity index (χ3n) is 2.69. The zero-order chi connectivity index (χ0) is 14.4. The molecule has 0 aliphatic rings. The highest BCUT2D eigenvalue weighted by molar-refractivity contribution is 9.09. The molecule has 0 heterocycles. The van der Waals surface area contributed by atoms with Crippen molar-refractivity contribution in [3.05, 3.63) is 35.4 Å². The van der Waals surface area contributed by atoms with Gasteiger partial charge in [-0.05, 0) is 18.4 Å². The van der Waals surface area contributed by atoms with Crippen molar-refractivity contribution in [2.45, 2.75) is 32.7 Å². The van der Waals surface area contributed by atoms with E-state index in [2.05, 4.69) is 35.1 Å². The van der Waals surface area contributed by atoms with Crippen LogP contribution in [0.1, 0.15) is 25.8 Å². The fourth-order valence-electron chi connectivity index (χ4n) is 1.87. The van der Waals surface area contributed by atoms with Crippen LogP contribution in [0.3, 0.4) is 0 Å². The first kappa shape index (κ1) is 16.1. The summed E-state index contributed by atoms with van der Waals surface area (Å²) in [6.07, 6.45) is 0.688. The predicted octanol–water partition coefficient (Wildman–Crippen LogP) is 3.43. The van der Waals surface area contributed by atoms with Crippen LogP contribution in [0, 0.1) is 17.6 Å². The summed E-state index contributed by atoms with van der Waals surface area (Å²) >= 11 is 3.34. The Bertz CT molecular complexity index is 437. The SMILES string of the molecule is CC(C)CC(CBr)NC(=O)Cc1cccc(F)c1F. The number of alkyl halides is 1. The van der Waals surface area contributed by atoms with E-state index < -0.39 is 11.6 Å². The molecule has 1 rings (SSSR count). The Morgan fingerprint density at radius 1 is 1.37 bits per heavy atom. The van der Waals surface area contributed by atoms with Crippen molar-refractivity contribution in [2.24, 2.45) is 5.92 Å². The van der Waals surface area contributed by atoms with Crippen LogP contribution < -0.4 is 5.32 Å². The zero-order valence-electron chi connectivity index (χ0n) is 11.1. The van der Waals surface area contributed by atoms with Crippen LogP contribution in [0.4, 0.5) is 8.78 Å². The largest absolute Gasteiger partial charge is 0.352 e. The number of amides is 1. The summed E-state index contributed by atoms with van der Waals surface area (Å²) in [4.78, 5) is 11.8. The third kappa shape index (κ3) is 5.27. The van der Waals surface area contributed by atoms with E-state index in [-0.39, 0.29) is 23.9 Å².